The first kappa shape index (κ1) is 21.0. The third kappa shape index (κ3) is 5.29. The van der Waals surface area contributed by atoms with Crippen LogP contribution in [-0.2, 0) is 4.79 Å². The van der Waals surface area contributed by atoms with Crippen molar-refractivity contribution in [3.63, 3.8) is 0 Å². The monoisotopic (exact) mass is 441 g/mol. The lowest BCUT2D eigenvalue weighted by Gasteiger charge is -2.36. The number of hydrogen-bond donors (Lipinski definition) is 1. The highest BCUT2D eigenvalue weighted by Gasteiger charge is 2.20. The van der Waals surface area contributed by atoms with Gasteiger partial charge in [-0.2, -0.15) is 0 Å². The molecule has 9 heteroatoms. The number of nitrogens with zero attached hydrogens (tertiary/aromatic N) is 4. The summed E-state index contributed by atoms with van der Waals surface area (Å²) in [5, 5.41) is 3.22. The van der Waals surface area contributed by atoms with E-state index >= 15 is 0 Å². The van der Waals surface area contributed by atoms with E-state index in [1.165, 1.54) is 36.3 Å². The fraction of sp³-hybridized carbons (Fsp3) is 0.227. The van der Waals surface area contributed by atoms with E-state index in [-0.39, 0.29) is 23.2 Å². The number of carbonyl (C=O) groups excluding carboxylic acids is 1. The molecule has 1 fully saturated rings. The van der Waals surface area contributed by atoms with E-state index in [9.17, 15) is 13.6 Å². The summed E-state index contributed by atoms with van der Waals surface area (Å²) in [6.07, 6.45) is 1.47. The molecule has 1 saturated heterocycles. The Bertz CT molecular complexity index is 1060. The van der Waals surface area contributed by atoms with Crippen LogP contribution in [0.15, 0.2) is 66.0 Å². The molecule has 1 aliphatic heterocycles. The molecule has 2 heterocycles. The molecule has 0 unspecified atom stereocenters. The van der Waals surface area contributed by atoms with Crippen molar-refractivity contribution < 1.29 is 13.6 Å². The molecule has 0 bridgehead atoms. The molecule has 1 amide bonds. The zero-order valence-electron chi connectivity index (χ0n) is 16.7. The molecule has 0 atom stereocenters. The highest BCUT2D eigenvalue weighted by Crippen LogP contribution is 2.24. The van der Waals surface area contributed by atoms with Crippen molar-refractivity contribution in [3.05, 3.63) is 72.6 Å². The summed E-state index contributed by atoms with van der Waals surface area (Å²) < 4.78 is 27.7. The number of anilines is 3. The van der Waals surface area contributed by atoms with E-state index in [0.717, 1.165) is 5.82 Å². The SMILES string of the molecule is O=C(CSc1cc(N2CCN(c3ccccc3F)CC2)ncn1)Nc1ccccc1F. The lowest BCUT2D eigenvalue weighted by Crippen LogP contribution is -2.47. The van der Waals surface area contributed by atoms with E-state index < -0.39 is 5.82 Å². The standard InChI is InChI=1S/C22H21F2N5OS/c23-16-5-1-3-7-18(16)27-21(30)14-31-22-13-20(25-15-26-22)29-11-9-28(10-12-29)19-8-4-2-6-17(19)24/h1-8,13,15H,9-12,14H2,(H,27,30). The summed E-state index contributed by atoms with van der Waals surface area (Å²) in [4.78, 5) is 24.8. The average molecular weight is 442 g/mol. The maximum atomic E-state index is 14.0. The number of thioether (sulfide) groups is 1. The highest BCUT2D eigenvalue weighted by atomic mass is 32.2. The van der Waals surface area contributed by atoms with Gasteiger partial charge in [-0.05, 0) is 24.3 Å². The van der Waals surface area contributed by atoms with Crippen LogP contribution in [0.25, 0.3) is 0 Å². The smallest absolute Gasteiger partial charge is 0.234 e. The fourth-order valence-electron chi connectivity index (χ4n) is 3.35. The number of benzene rings is 2. The molecule has 31 heavy (non-hydrogen) atoms. The van der Waals surface area contributed by atoms with Crippen molar-refractivity contribution in [2.24, 2.45) is 0 Å². The topological polar surface area (TPSA) is 61.4 Å². The molecule has 160 valence electrons. The normalized spacial score (nSPS) is 13.9. The first-order valence-electron chi connectivity index (χ1n) is 9.84. The van der Waals surface area contributed by atoms with E-state index in [2.05, 4.69) is 20.2 Å². The van der Waals surface area contributed by atoms with Crippen molar-refractivity contribution in [3.8, 4) is 0 Å². The molecule has 0 radical (unpaired) electrons. The van der Waals surface area contributed by atoms with Crippen molar-refractivity contribution in [2.75, 3.05) is 47.0 Å². The predicted octanol–water partition coefficient (Wildman–Crippen LogP) is 3.81. The maximum Gasteiger partial charge on any atom is 0.234 e. The van der Waals surface area contributed by atoms with Crippen LogP contribution in [0.3, 0.4) is 0 Å². The van der Waals surface area contributed by atoms with Gasteiger partial charge in [-0.1, -0.05) is 36.0 Å². The number of nitrogens with one attached hydrogen (secondary N) is 1. The lowest BCUT2D eigenvalue weighted by atomic mass is 10.2. The second-order valence-corrected chi connectivity index (χ2v) is 7.95. The quantitative estimate of drug-likeness (QED) is 0.464. The van der Waals surface area contributed by atoms with Crippen LogP contribution in [-0.4, -0.2) is 47.8 Å². The molecular formula is C22H21F2N5OS. The number of amides is 1. The highest BCUT2D eigenvalue weighted by molar-refractivity contribution is 7.99. The molecule has 3 aromatic rings. The summed E-state index contributed by atoms with van der Waals surface area (Å²) in [5.41, 5.74) is 0.770. The van der Waals surface area contributed by atoms with Crippen LogP contribution < -0.4 is 15.1 Å². The van der Waals surface area contributed by atoms with Crippen LogP contribution in [0, 0.1) is 11.6 Å². The Labute approximate surface area is 183 Å². The van der Waals surface area contributed by atoms with Gasteiger partial charge in [0, 0.05) is 32.2 Å². The van der Waals surface area contributed by atoms with Crippen molar-refractivity contribution in [2.45, 2.75) is 5.03 Å². The van der Waals surface area contributed by atoms with Gasteiger partial charge in [-0.3, -0.25) is 4.79 Å². The minimum atomic E-state index is -0.473. The van der Waals surface area contributed by atoms with Crippen molar-refractivity contribution in [1.82, 2.24) is 9.97 Å². The second kappa shape index (κ2) is 9.74. The van der Waals surface area contributed by atoms with Crippen LogP contribution in [0.5, 0.6) is 0 Å². The Kier molecular flexibility index (Phi) is 6.61. The zero-order chi connectivity index (χ0) is 21.6. The fourth-order valence-corrected chi connectivity index (χ4v) is 4.02. The van der Waals surface area contributed by atoms with E-state index in [1.807, 2.05) is 17.0 Å². The molecule has 0 saturated carbocycles. The first-order chi connectivity index (χ1) is 15.1. The van der Waals surface area contributed by atoms with Gasteiger partial charge in [0.15, 0.2) is 0 Å². The Morgan fingerprint density at radius 2 is 1.61 bits per heavy atom. The van der Waals surface area contributed by atoms with Crippen LogP contribution >= 0.6 is 11.8 Å². The molecule has 1 aromatic heterocycles. The van der Waals surface area contributed by atoms with Gasteiger partial charge < -0.3 is 15.1 Å². The van der Waals surface area contributed by atoms with E-state index in [4.69, 9.17) is 0 Å². The molecule has 6 nitrogen and oxygen atoms in total. The largest absolute Gasteiger partial charge is 0.366 e. The number of aromatic nitrogens is 2. The van der Waals surface area contributed by atoms with Gasteiger partial charge in [0.05, 0.1) is 17.1 Å². The van der Waals surface area contributed by atoms with Gasteiger partial charge >= 0.3 is 0 Å². The molecule has 2 aromatic carbocycles. The summed E-state index contributed by atoms with van der Waals surface area (Å²) in [6, 6.07) is 14.7. The van der Waals surface area contributed by atoms with Crippen molar-refractivity contribution in [1.29, 1.82) is 0 Å². The molecule has 1 aliphatic rings. The van der Waals surface area contributed by atoms with Gasteiger partial charge in [0.2, 0.25) is 5.91 Å². The van der Waals surface area contributed by atoms with Gasteiger partial charge in [-0.15, -0.1) is 0 Å². The van der Waals surface area contributed by atoms with E-state index in [0.29, 0.717) is 36.9 Å². The van der Waals surface area contributed by atoms with Gasteiger partial charge in [-0.25, -0.2) is 18.7 Å². The molecular weight excluding hydrogens is 420 g/mol. The average Bonchev–Trinajstić information content (AvgIpc) is 2.80. The first-order valence-corrected chi connectivity index (χ1v) is 10.8. The predicted molar refractivity (Wildman–Crippen MR) is 119 cm³/mol. The molecule has 0 aliphatic carbocycles. The minimum absolute atomic E-state index is 0.103. The van der Waals surface area contributed by atoms with Crippen molar-refractivity contribution >= 4 is 34.9 Å². The Morgan fingerprint density at radius 3 is 2.35 bits per heavy atom. The molecule has 0 spiro atoms. The maximum absolute atomic E-state index is 14.0. The Morgan fingerprint density at radius 1 is 0.935 bits per heavy atom. The lowest BCUT2D eigenvalue weighted by molar-refractivity contribution is -0.113. The third-order valence-electron chi connectivity index (χ3n) is 4.92. The van der Waals surface area contributed by atoms with Crippen LogP contribution in [0.1, 0.15) is 0 Å². The molecule has 1 N–H and O–H groups in total. The number of carbonyl (C=O) groups is 1. The zero-order valence-corrected chi connectivity index (χ0v) is 17.5. The number of hydrogen-bond acceptors (Lipinski definition) is 6. The Balaban J connectivity index is 1.32. The van der Waals surface area contributed by atoms with Crippen LogP contribution in [0.4, 0.5) is 26.0 Å². The molecule has 4 rings (SSSR count). The second-order valence-electron chi connectivity index (χ2n) is 6.96. The minimum Gasteiger partial charge on any atom is -0.366 e. The number of rotatable bonds is 6. The third-order valence-corrected chi connectivity index (χ3v) is 5.85. The number of para-hydroxylation sites is 2. The summed E-state index contributed by atoms with van der Waals surface area (Å²) in [5.74, 6) is -0.134. The summed E-state index contributed by atoms with van der Waals surface area (Å²) in [7, 11) is 0. The van der Waals surface area contributed by atoms with Crippen LogP contribution in [0.2, 0.25) is 0 Å². The number of halogens is 2. The Hall–Kier alpha value is -3.20. The van der Waals surface area contributed by atoms with Gasteiger partial charge in [0.25, 0.3) is 0 Å². The number of piperazine rings is 1. The summed E-state index contributed by atoms with van der Waals surface area (Å²) in [6.45, 7) is 2.75. The summed E-state index contributed by atoms with van der Waals surface area (Å²) >= 11 is 1.26. The van der Waals surface area contributed by atoms with Gasteiger partial charge in [0.1, 0.15) is 28.8 Å². The van der Waals surface area contributed by atoms with E-state index in [1.54, 1.807) is 24.3 Å².